The predicted octanol–water partition coefficient (Wildman–Crippen LogP) is 2.04. The van der Waals surface area contributed by atoms with Crippen LogP contribution in [0.5, 0.6) is 5.75 Å². The van der Waals surface area contributed by atoms with Gasteiger partial charge in [0.1, 0.15) is 5.75 Å². The van der Waals surface area contributed by atoms with E-state index < -0.39 is 0 Å². The van der Waals surface area contributed by atoms with Crippen LogP contribution in [0, 0.1) is 5.41 Å². The highest BCUT2D eigenvalue weighted by atomic mass is 16.5. The molecule has 0 bridgehead atoms. The molecule has 1 N–H and O–H groups in total. The van der Waals surface area contributed by atoms with E-state index in [0.717, 1.165) is 37.4 Å². The van der Waals surface area contributed by atoms with Crippen molar-refractivity contribution in [3.05, 3.63) is 29.8 Å². The van der Waals surface area contributed by atoms with Crippen molar-refractivity contribution in [1.29, 1.82) is 0 Å². The molecule has 0 aromatic heterocycles. The molecule has 1 heterocycles. The third kappa shape index (κ3) is 3.12. The number of methoxy groups -OCH3 is 1. The van der Waals surface area contributed by atoms with Gasteiger partial charge in [-0.05, 0) is 44.5 Å². The highest BCUT2D eigenvalue weighted by Crippen LogP contribution is 2.28. The Kier molecular flexibility index (Phi) is 4.65. The number of benzene rings is 1. The highest BCUT2D eigenvalue weighted by molar-refractivity contribution is 5.83. The number of carbonyl (C=O) groups excluding carboxylic acids is 1. The summed E-state index contributed by atoms with van der Waals surface area (Å²) >= 11 is 0. The molecule has 110 valence electrons. The molecular weight excluding hydrogens is 252 g/mol. The van der Waals surface area contributed by atoms with Crippen LogP contribution in [0.4, 0.5) is 0 Å². The molecule has 20 heavy (non-hydrogen) atoms. The van der Waals surface area contributed by atoms with Gasteiger partial charge >= 0.3 is 0 Å². The first-order chi connectivity index (χ1) is 9.59. The van der Waals surface area contributed by atoms with E-state index in [1.165, 1.54) is 0 Å². The summed E-state index contributed by atoms with van der Waals surface area (Å²) in [6.07, 6.45) is 0.922. The second-order valence-corrected chi connectivity index (χ2v) is 5.65. The molecule has 4 heteroatoms. The van der Waals surface area contributed by atoms with E-state index in [0.29, 0.717) is 6.54 Å². The molecule has 1 aromatic carbocycles. The maximum Gasteiger partial charge on any atom is 0.230 e. The molecule has 1 amide bonds. The van der Waals surface area contributed by atoms with Gasteiger partial charge in [-0.3, -0.25) is 4.79 Å². The minimum atomic E-state index is -0.248. The fourth-order valence-corrected chi connectivity index (χ4v) is 2.66. The lowest BCUT2D eigenvalue weighted by molar-refractivity contribution is -0.140. The lowest BCUT2D eigenvalue weighted by Crippen LogP contribution is -2.43. The van der Waals surface area contributed by atoms with Gasteiger partial charge in [-0.15, -0.1) is 0 Å². The molecular formula is C16H24N2O2. The van der Waals surface area contributed by atoms with E-state index in [9.17, 15) is 4.79 Å². The molecule has 4 nitrogen and oxygen atoms in total. The van der Waals surface area contributed by atoms with Crippen LogP contribution in [-0.4, -0.2) is 37.6 Å². The number of hydrogen-bond acceptors (Lipinski definition) is 3. The van der Waals surface area contributed by atoms with Crippen molar-refractivity contribution in [1.82, 2.24) is 10.2 Å². The first-order valence-electron chi connectivity index (χ1n) is 7.22. The number of hydrogen-bond donors (Lipinski definition) is 1. The zero-order chi connectivity index (χ0) is 14.6. The Bertz CT molecular complexity index is 450. The molecule has 1 unspecified atom stereocenters. The third-order valence-electron chi connectivity index (χ3n) is 4.09. The van der Waals surface area contributed by atoms with E-state index in [4.69, 9.17) is 4.74 Å². The van der Waals surface area contributed by atoms with Crippen LogP contribution >= 0.6 is 0 Å². The summed E-state index contributed by atoms with van der Waals surface area (Å²) in [7, 11) is 1.66. The zero-order valence-electron chi connectivity index (χ0n) is 12.6. The number of amides is 1. The van der Waals surface area contributed by atoms with Crippen LogP contribution < -0.4 is 10.1 Å². The Labute approximate surface area is 121 Å². The van der Waals surface area contributed by atoms with Gasteiger partial charge in [-0.25, -0.2) is 0 Å². The topological polar surface area (TPSA) is 41.6 Å². The molecule has 1 saturated heterocycles. The standard InChI is InChI=1S/C16H24N2O2/c1-4-18(15(19)16(2)9-10-17-12-16)11-13-5-7-14(20-3)8-6-13/h5-8,17H,4,9-12H2,1-3H3. The smallest absolute Gasteiger partial charge is 0.230 e. The van der Waals surface area contributed by atoms with Gasteiger partial charge in [0.25, 0.3) is 0 Å². The third-order valence-corrected chi connectivity index (χ3v) is 4.09. The van der Waals surface area contributed by atoms with Crippen molar-refractivity contribution in [3.63, 3.8) is 0 Å². The maximum atomic E-state index is 12.7. The molecule has 0 saturated carbocycles. The minimum Gasteiger partial charge on any atom is -0.497 e. The summed E-state index contributed by atoms with van der Waals surface area (Å²) in [5, 5.41) is 3.29. The molecule has 1 atom stereocenters. The van der Waals surface area contributed by atoms with Gasteiger partial charge in [0, 0.05) is 19.6 Å². The number of ether oxygens (including phenoxy) is 1. The van der Waals surface area contributed by atoms with E-state index >= 15 is 0 Å². The lowest BCUT2D eigenvalue weighted by Gasteiger charge is -2.30. The Morgan fingerprint density at radius 2 is 2.10 bits per heavy atom. The summed E-state index contributed by atoms with van der Waals surface area (Å²) in [6.45, 7) is 7.21. The summed E-state index contributed by atoms with van der Waals surface area (Å²) < 4.78 is 5.16. The summed E-state index contributed by atoms with van der Waals surface area (Å²) in [5.41, 5.74) is 0.887. The normalized spacial score (nSPS) is 21.8. The molecule has 1 fully saturated rings. The summed E-state index contributed by atoms with van der Waals surface area (Å²) in [5.74, 6) is 1.09. The highest BCUT2D eigenvalue weighted by Gasteiger charge is 2.38. The van der Waals surface area contributed by atoms with Gasteiger partial charge in [0.2, 0.25) is 5.91 Å². The van der Waals surface area contributed by atoms with Gasteiger partial charge in [-0.2, -0.15) is 0 Å². The van der Waals surface area contributed by atoms with Crippen LogP contribution in [0.25, 0.3) is 0 Å². The monoisotopic (exact) mass is 276 g/mol. The van der Waals surface area contributed by atoms with Crippen LogP contribution in [0.1, 0.15) is 25.8 Å². The summed E-state index contributed by atoms with van der Waals surface area (Å²) in [4.78, 5) is 14.6. The van der Waals surface area contributed by atoms with Gasteiger partial charge < -0.3 is 15.0 Å². The van der Waals surface area contributed by atoms with Crippen molar-refractivity contribution in [2.24, 2.45) is 5.41 Å². The quantitative estimate of drug-likeness (QED) is 0.895. The minimum absolute atomic E-state index is 0.248. The van der Waals surface area contributed by atoms with Crippen molar-refractivity contribution >= 4 is 5.91 Å². The van der Waals surface area contributed by atoms with Gasteiger partial charge in [0.05, 0.1) is 12.5 Å². The van der Waals surface area contributed by atoms with E-state index in [-0.39, 0.29) is 11.3 Å². The zero-order valence-corrected chi connectivity index (χ0v) is 12.6. The fourth-order valence-electron chi connectivity index (χ4n) is 2.66. The predicted molar refractivity (Wildman–Crippen MR) is 79.7 cm³/mol. The van der Waals surface area contributed by atoms with E-state index in [1.54, 1.807) is 7.11 Å². The Balaban J connectivity index is 2.06. The Morgan fingerprint density at radius 1 is 1.40 bits per heavy atom. The lowest BCUT2D eigenvalue weighted by atomic mass is 9.88. The SMILES string of the molecule is CCN(Cc1ccc(OC)cc1)C(=O)C1(C)CCNC1. The first-order valence-corrected chi connectivity index (χ1v) is 7.22. The molecule has 0 aliphatic carbocycles. The van der Waals surface area contributed by atoms with Crippen molar-refractivity contribution < 1.29 is 9.53 Å². The second-order valence-electron chi connectivity index (χ2n) is 5.65. The van der Waals surface area contributed by atoms with Crippen LogP contribution in [0.2, 0.25) is 0 Å². The van der Waals surface area contributed by atoms with Crippen molar-refractivity contribution in [2.75, 3.05) is 26.7 Å². The molecule has 2 rings (SSSR count). The summed E-state index contributed by atoms with van der Waals surface area (Å²) in [6, 6.07) is 7.91. The number of rotatable bonds is 5. The van der Waals surface area contributed by atoms with Gasteiger partial charge in [-0.1, -0.05) is 12.1 Å². The Hall–Kier alpha value is -1.55. The maximum absolute atomic E-state index is 12.7. The fraction of sp³-hybridized carbons (Fsp3) is 0.562. The average Bonchev–Trinajstić information content (AvgIpc) is 2.93. The van der Waals surface area contributed by atoms with Crippen molar-refractivity contribution in [2.45, 2.75) is 26.8 Å². The second kappa shape index (κ2) is 6.27. The average molecular weight is 276 g/mol. The van der Waals surface area contributed by atoms with E-state index in [1.807, 2.05) is 36.1 Å². The molecule has 1 aromatic rings. The Morgan fingerprint density at radius 3 is 2.60 bits per heavy atom. The molecule has 0 radical (unpaired) electrons. The van der Waals surface area contributed by atoms with Crippen LogP contribution in [0.15, 0.2) is 24.3 Å². The largest absolute Gasteiger partial charge is 0.497 e. The number of carbonyl (C=O) groups is 1. The van der Waals surface area contributed by atoms with E-state index in [2.05, 4.69) is 12.2 Å². The van der Waals surface area contributed by atoms with Crippen molar-refractivity contribution in [3.8, 4) is 5.75 Å². The first kappa shape index (κ1) is 14.9. The molecule has 1 aliphatic rings. The van der Waals surface area contributed by atoms with Crippen LogP contribution in [0.3, 0.4) is 0 Å². The molecule has 1 aliphatic heterocycles. The van der Waals surface area contributed by atoms with Gasteiger partial charge in [0.15, 0.2) is 0 Å². The number of nitrogens with one attached hydrogen (secondary N) is 1. The van der Waals surface area contributed by atoms with Crippen LogP contribution in [-0.2, 0) is 11.3 Å². The number of nitrogens with zero attached hydrogens (tertiary/aromatic N) is 1. The molecule has 0 spiro atoms.